The topological polar surface area (TPSA) is 87.3 Å². The van der Waals surface area contributed by atoms with Gasteiger partial charge in [-0.15, -0.1) is 0 Å². The van der Waals surface area contributed by atoms with E-state index in [9.17, 15) is 13.2 Å². The first-order valence-corrected chi connectivity index (χ1v) is 11.3. The quantitative estimate of drug-likeness (QED) is 0.515. The van der Waals surface area contributed by atoms with Crippen LogP contribution in [0.2, 0.25) is 0 Å². The minimum atomic E-state index is -3.80. The van der Waals surface area contributed by atoms with E-state index in [1.54, 1.807) is 42.5 Å². The fourth-order valence-corrected chi connectivity index (χ4v) is 4.29. The van der Waals surface area contributed by atoms with E-state index in [4.69, 9.17) is 0 Å². The molecule has 0 aliphatic carbocycles. The first-order valence-electron chi connectivity index (χ1n) is 9.82. The summed E-state index contributed by atoms with van der Waals surface area (Å²) in [5, 5.41) is 7.58. The third kappa shape index (κ3) is 4.74. The third-order valence-electron chi connectivity index (χ3n) is 4.61. The van der Waals surface area contributed by atoms with E-state index in [1.807, 2.05) is 45.9 Å². The van der Waals surface area contributed by atoms with Crippen LogP contribution in [0.15, 0.2) is 65.6 Å². The molecule has 0 aliphatic heterocycles. The highest BCUT2D eigenvalue weighted by molar-refractivity contribution is 7.93. The summed E-state index contributed by atoms with van der Waals surface area (Å²) in [6, 6.07) is 17.4. The second kappa shape index (κ2) is 8.36. The molecular formula is C23H27N3O3S. The highest BCUT2D eigenvalue weighted by Gasteiger charge is 2.21. The second-order valence-corrected chi connectivity index (χ2v) is 9.72. The highest BCUT2D eigenvalue weighted by Crippen LogP contribution is 2.30. The standard InChI is InChI=1S/C23H27N3O3S/c1-5-24-20-10-6-9-19-18(20)8-7-11-21(19)30(28,29)26-17-14-12-16(13-15-17)25-22(27)23(2,3)4/h6-15,24,26H,5H2,1-4H3,(H,25,27). The zero-order chi connectivity index (χ0) is 21.9. The Balaban J connectivity index is 1.87. The number of benzene rings is 3. The number of carbonyl (C=O) groups excluding carboxylic acids is 1. The molecule has 0 saturated carbocycles. The molecule has 30 heavy (non-hydrogen) atoms. The molecule has 0 atom stereocenters. The lowest BCUT2D eigenvalue weighted by Crippen LogP contribution is -2.27. The summed E-state index contributed by atoms with van der Waals surface area (Å²) in [7, 11) is -3.80. The average molecular weight is 426 g/mol. The summed E-state index contributed by atoms with van der Waals surface area (Å²) >= 11 is 0. The number of hydrogen-bond acceptors (Lipinski definition) is 4. The van der Waals surface area contributed by atoms with E-state index in [0.717, 1.165) is 17.6 Å². The van der Waals surface area contributed by atoms with E-state index in [-0.39, 0.29) is 10.8 Å². The van der Waals surface area contributed by atoms with E-state index in [1.165, 1.54) is 0 Å². The van der Waals surface area contributed by atoms with Gasteiger partial charge in [-0.25, -0.2) is 8.42 Å². The number of anilines is 3. The van der Waals surface area contributed by atoms with Crippen LogP contribution in [0.25, 0.3) is 10.8 Å². The zero-order valence-corrected chi connectivity index (χ0v) is 18.4. The van der Waals surface area contributed by atoms with Crippen molar-refractivity contribution >= 4 is 43.8 Å². The molecule has 0 heterocycles. The number of nitrogens with one attached hydrogen (secondary N) is 3. The maximum absolute atomic E-state index is 13.1. The van der Waals surface area contributed by atoms with Crippen molar-refractivity contribution in [3.8, 4) is 0 Å². The predicted octanol–water partition coefficient (Wildman–Crippen LogP) is 5.06. The fraction of sp³-hybridized carbons (Fsp3) is 0.261. The highest BCUT2D eigenvalue weighted by atomic mass is 32.2. The molecule has 0 spiro atoms. The first kappa shape index (κ1) is 21.6. The van der Waals surface area contributed by atoms with Crippen molar-refractivity contribution in [2.24, 2.45) is 5.41 Å². The van der Waals surface area contributed by atoms with Gasteiger partial charge in [-0.2, -0.15) is 0 Å². The van der Waals surface area contributed by atoms with Gasteiger partial charge in [-0.3, -0.25) is 9.52 Å². The summed E-state index contributed by atoms with van der Waals surface area (Å²) in [6.45, 7) is 8.23. The largest absolute Gasteiger partial charge is 0.385 e. The summed E-state index contributed by atoms with van der Waals surface area (Å²) in [5.74, 6) is -0.108. The number of amides is 1. The lowest BCUT2D eigenvalue weighted by Gasteiger charge is -2.18. The van der Waals surface area contributed by atoms with E-state index in [2.05, 4.69) is 15.4 Å². The average Bonchev–Trinajstić information content (AvgIpc) is 2.68. The lowest BCUT2D eigenvalue weighted by atomic mass is 9.95. The lowest BCUT2D eigenvalue weighted by molar-refractivity contribution is -0.123. The molecule has 3 rings (SSSR count). The Bertz CT molecular complexity index is 1160. The van der Waals surface area contributed by atoms with Crippen molar-refractivity contribution in [3.63, 3.8) is 0 Å². The van der Waals surface area contributed by atoms with Gasteiger partial charge in [0.1, 0.15) is 0 Å². The van der Waals surface area contributed by atoms with Crippen LogP contribution in [0.3, 0.4) is 0 Å². The third-order valence-corrected chi connectivity index (χ3v) is 6.05. The van der Waals surface area contributed by atoms with Crippen LogP contribution in [0.5, 0.6) is 0 Å². The molecule has 158 valence electrons. The van der Waals surface area contributed by atoms with Crippen LogP contribution in [0, 0.1) is 5.41 Å². The Morgan fingerprint density at radius 1 is 0.867 bits per heavy atom. The number of hydrogen-bond donors (Lipinski definition) is 3. The number of rotatable bonds is 6. The molecule has 6 nitrogen and oxygen atoms in total. The van der Waals surface area contributed by atoms with Gasteiger partial charge in [0.2, 0.25) is 5.91 Å². The van der Waals surface area contributed by atoms with Crippen LogP contribution in [-0.4, -0.2) is 20.9 Å². The van der Waals surface area contributed by atoms with E-state index >= 15 is 0 Å². The van der Waals surface area contributed by atoms with Crippen LogP contribution >= 0.6 is 0 Å². The fourth-order valence-electron chi connectivity index (χ4n) is 3.01. The number of sulfonamides is 1. The molecule has 0 bridgehead atoms. The summed E-state index contributed by atoms with van der Waals surface area (Å²) in [6.07, 6.45) is 0. The molecule has 0 aromatic heterocycles. The van der Waals surface area contributed by atoms with Crippen LogP contribution in [-0.2, 0) is 14.8 Å². The first-order chi connectivity index (χ1) is 14.1. The van der Waals surface area contributed by atoms with Crippen molar-refractivity contribution in [1.29, 1.82) is 0 Å². The maximum Gasteiger partial charge on any atom is 0.262 e. The van der Waals surface area contributed by atoms with Gasteiger partial charge in [-0.05, 0) is 43.3 Å². The number of carbonyl (C=O) groups is 1. The van der Waals surface area contributed by atoms with Crippen LogP contribution < -0.4 is 15.4 Å². The molecule has 7 heteroatoms. The van der Waals surface area contributed by atoms with Gasteiger partial charge in [0.15, 0.2) is 0 Å². The predicted molar refractivity (Wildman–Crippen MR) is 123 cm³/mol. The van der Waals surface area contributed by atoms with Gasteiger partial charge in [-0.1, -0.05) is 45.0 Å². The van der Waals surface area contributed by atoms with Gasteiger partial charge in [0.05, 0.1) is 4.90 Å². The van der Waals surface area contributed by atoms with Gasteiger partial charge in [0.25, 0.3) is 10.0 Å². The molecule has 3 N–H and O–H groups in total. The van der Waals surface area contributed by atoms with Crippen molar-refractivity contribution in [1.82, 2.24) is 0 Å². The van der Waals surface area contributed by atoms with E-state index in [0.29, 0.717) is 16.8 Å². The molecule has 0 fully saturated rings. The minimum Gasteiger partial charge on any atom is -0.385 e. The smallest absolute Gasteiger partial charge is 0.262 e. The molecule has 0 radical (unpaired) electrons. The molecule has 0 saturated heterocycles. The molecule has 0 aliphatic rings. The van der Waals surface area contributed by atoms with Gasteiger partial charge < -0.3 is 10.6 Å². The van der Waals surface area contributed by atoms with Crippen molar-refractivity contribution in [3.05, 3.63) is 60.7 Å². The summed E-state index contributed by atoms with van der Waals surface area (Å²) < 4.78 is 28.8. The molecular weight excluding hydrogens is 398 g/mol. The van der Waals surface area contributed by atoms with Crippen molar-refractivity contribution in [2.75, 3.05) is 21.9 Å². The Morgan fingerprint density at radius 2 is 1.47 bits per heavy atom. The summed E-state index contributed by atoms with van der Waals surface area (Å²) in [5.41, 5.74) is 1.41. The normalized spacial score (nSPS) is 11.9. The van der Waals surface area contributed by atoms with Gasteiger partial charge >= 0.3 is 0 Å². The molecule has 1 amide bonds. The molecule has 3 aromatic rings. The van der Waals surface area contributed by atoms with E-state index < -0.39 is 15.4 Å². The molecule has 0 unspecified atom stereocenters. The van der Waals surface area contributed by atoms with Crippen LogP contribution in [0.1, 0.15) is 27.7 Å². The van der Waals surface area contributed by atoms with Crippen molar-refractivity contribution in [2.45, 2.75) is 32.6 Å². The van der Waals surface area contributed by atoms with Crippen LogP contribution in [0.4, 0.5) is 17.1 Å². The van der Waals surface area contributed by atoms with Gasteiger partial charge in [0, 0.05) is 39.8 Å². The Labute approximate surface area is 177 Å². The monoisotopic (exact) mass is 425 g/mol. The summed E-state index contributed by atoms with van der Waals surface area (Å²) in [4.78, 5) is 12.3. The minimum absolute atomic E-state index is 0.108. The Hall–Kier alpha value is -3.06. The Morgan fingerprint density at radius 3 is 2.10 bits per heavy atom. The zero-order valence-electron chi connectivity index (χ0n) is 17.6. The number of fused-ring (bicyclic) bond motifs is 1. The Kier molecular flexibility index (Phi) is 6.03. The second-order valence-electron chi connectivity index (χ2n) is 8.07. The maximum atomic E-state index is 13.1. The van der Waals surface area contributed by atoms with Crippen molar-refractivity contribution < 1.29 is 13.2 Å². The molecule has 3 aromatic carbocycles. The SMILES string of the molecule is CCNc1cccc2c(S(=O)(=O)Nc3ccc(NC(=O)C(C)(C)C)cc3)cccc12.